The van der Waals surface area contributed by atoms with Crippen LogP contribution in [0.3, 0.4) is 0 Å². The zero-order chi connectivity index (χ0) is 13.8. The molecule has 0 spiro atoms. The van der Waals surface area contributed by atoms with E-state index in [0.29, 0.717) is 17.3 Å². The second-order valence-corrected chi connectivity index (χ2v) is 4.57. The first kappa shape index (κ1) is 15.1. The number of aliphatic hydroxyl groups is 1. The van der Waals surface area contributed by atoms with E-state index in [1.54, 1.807) is 6.92 Å². The highest BCUT2D eigenvalue weighted by atomic mass is 79.9. The number of halogens is 4. The van der Waals surface area contributed by atoms with Gasteiger partial charge in [-0.3, -0.25) is 0 Å². The van der Waals surface area contributed by atoms with Gasteiger partial charge in [-0.05, 0) is 37.1 Å². The van der Waals surface area contributed by atoms with Gasteiger partial charge < -0.3 is 5.11 Å². The minimum absolute atomic E-state index is 0.239. The highest BCUT2D eigenvalue weighted by Crippen LogP contribution is 2.34. The number of hydrogen-bond acceptors (Lipinski definition) is 1. The Bertz CT molecular complexity index is 471. The van der Waals surface area contributed by atoms with Gasteiger partial charge in [0, 0.05) is 10.9 Å². The molecule has 1 aromatic rings. The maximum Gasteiger partial charge on any atom is 0.416 e. The van der Waals surface area contributed by atoms with Crippen molar-refractivity contribution in [3.63, 3.8) is 0 Å². The summed E-state index contributed by atoms with van der Waals surface area (Å²) in [6, 6.07) is 3.24. The third-order valence-electron chi connectivity index (χ3n) is 2.40. The summed E-state index contributed by atoms with van der Waals surface area (Å²) < 4.78 is 38.1. The molecule has 0 bridgehead atoms. The van der Waals surface area contributed by atoms with Crippen LogP contribution in [0.1, 0.15) is 37.0 Å². The van der Waals surface area contributed by atoms with Crippen molar-refractivity contribution in [1.82, 2.24) is 0 Å². The fourth-order valence-corrected chi connectivity index (χ4v) is 1.98. The van der Waals surface area contributed by atoms with Gasteiger partial charge >= 0.3 is 6.18 Å². The molecule has 0 aliphatic rings. The Hall–Kier alpha value is -0.990. The van der Waals surface area contributed by atoms with E-state index >= 15 is 0 Å². The van der Waals surface area contributed by atoms with E-state index in [0.717, 1.165) is 12.1 Å². The van der Waals surface area contributed by atoms with Crippen LogP contribution >= 0.6 is 15.9 Å². The van der Waals surface area contributed by atoms with E-state index in [1.165, 1.54) is 6.07 Å². The molecule has 18 heavy (non-hydrogen) atoms. The Balaban J connectivity index is 2.95. The topological polar surface area (TPSA) is 20.2 Å². The average Bonchev–Trinajstić information content (AvgIpc) is 2.28. The van der Waals surface area contributed by atoms with Crippen LogP contribution in [-0.2, 0) is 6.18 Å². The Kier molecular flexibility index (Phi) is 5.24. The second-order valence-electron chi connectivity index (χ2n) is 3.72. The number of alkyl halides is 3. The molecule has 1 atom stereocenters. The molecule has 0 fully saturated rings. The van der Waals surface area contributed by atoms with Crippen LogP contribution in [0, 0.1) is 11.8 Å². The number of aliphatic hydroxyl groups excluding tert-OH is 1. The van der Waals surface area contributed by atoms with E-state index in [4.69, 9.17) is 0 Å². The summed E-state index contributed by atoms with van der Waals surface area (Å²) in [4.78, 5) is 0. The van der Waals surface area contributed by atoms with Crippen LogP contribution in [0.4, 0.5) is 13.2 Å². The zero-order valence-corrected chi connectivity index (χ0v) is 11.3. The minimum atomic E-state index is -4.40. The Morgan fingerprint density at radius 1 is 1.39 bits per heavy atom. The van der Waals surface area contributed by atoms with Crippen molar-refractivity contribution in [3.8, 4) is 11.8 Å². The zero-order valence-electron chi connectivity index (χ0n) is 9.68. The van der Waals surface area contributed by atoms with Crippen LogP contribution < -0.4 is 0 Å². The Labute approximate surface area is 112 Å². The van der Waals surface area contributed by atoms with Gasteiger partial charge in [-0.1, -0.05) is 15.9 Å². The lowest BCUT2D eigenvalue weighted by atomic mass is 10.0. The smallest absolute Gasteiger partial charge is 0.388 e. The van der Waals surface area contributed by atoms with Crippen molar-refractivity contribution < 1.29 is 18.3 Å². The summed E-state index contributed by atoms with van der Waals surface area (Å²) in [5.74, 6) is 5.44. The summed E-state index contributed by atoms with van der Waals surface area (Å²) in [5, 5.41) is 9.85. The summed E-state index contributed by atoms with van der Waals surface area (Å²) in [7, 11) is 0. The van der Waals surface area contributed by atoms with Gasteiger partial charge in [-0.2, -0.15) is 13.2 Å². The van der Waals surface area contributed by atoms with Crippen LogP contribution in [0.5, 0.6) is 0 Å². The quantitative estimate of drug-likeness (QED) is 0.823. The molecule has 5 heteroatoms. The first-order valence-corrected chi connectivity index (χ1v) is 6.10. The molecule has 1 unspecified atom stereocenters. The molecule has 0 radical (unpaired) electrons. The largest absolute Gasteiger partial charge is 0.416 e. The molecule has 0 aromatic heterocycles. The first-order valence-electron chi connectivity index (χ1n) is 5.30. The molecule has 0 saturated carbocycles. The molecule has 0 saturated heterocycles. The molecule has 1 rings (SSSR count). The first-order chi connectivity index (χ1) is 8.36. The van der Waals surface area contributed by atoms with Gasteiger partial charge in [0.1, 0.15) is 0 Å². The Morgan fingerprint density at radius 2 is 2.06 bits per heavy atom. The van der Waals surface area contributed by atoms with Crippen LogP contribution in [-0.4, -0.2) is 5.11 Å². The fourth-order valence-electron chi connectivity index (χ4n) is 1.46. The lowest BCUT2D eigenvalue weighted by Crippen LogP contribution is -2.07. The highest BCUT2D eigenvalue weighted by Gasteiger charge is 2.31. The normalized spacial score (nSPS) is 12.8. The second kappa shape index (κ2) is 6.26. The van der Waals surface area contributed by atoms with Gasteiger partial charge in [0.2, 0.25) is 0 Å². The molecular formula is C13H12BrF3O. The van der Waals surface area contributed by atoms with E-state index in [1.807, 2.05) is 0 Å². The van der Waals surface area contributed by atoms with E-state index in [2.05, 4.69) is 27.8 Å². The van der Waals surface area contributed by atoms with Crippen LogP contribution in [0.15, 0.2) is 22.7 Å². The molecule has 0 heterocycles. The van der Waals surface area contributed by atoms with Gasteiger partial charge in [0.25, 0.3) is 0 Å². The number of benzene rings is 1. The lowest BCUT2D eigenvalue weighted by Gasteiger charge is -2.14. The summed E-state index contributed by atoms with van der Waals surface area (Å²) in [6.07, 6.45) is -4.61. The fraction of sp³-hybridized carbons (Fsp3) is 0.385. The van der Waals surface area contributed by atoms with Crippen LogP contribution in [0.2, 0.25) is 0 Å². The summed E-state index contributed by atoms with van der Waals surface area (Å²) >= 11 is 3.14. The maximum absolute atomic E-state index is 12.6. The average molecular weight is 321 g/mol. The lowest BCUT2D eigenvalue weighted by molar-refractivity contribution is -0.137. The SMILES string of the molecule is CC#CCCC(O)c1cc(C(F)(F)F)ccc1Br. The third kappa shape index (κ3) is 4.04. The molecule has 98 valence electrons. The number of rotatable bonds is 3. The predicted octanol–water partition coefficient (Wildman–Crippen LogP) is 4.30. The monoisotopic (exact) mass is 320 g/mol. The molecule has 1 aromatic carbocycles. The standard InChI is InChI=1S/C13H12BrF3O/c1-2-3-4-5-12(18)10-8-9(13(15,16)17)6-7-11(10)14/h6-8,12,18H,4-5H2,1H3. The van der Waals surface area contributed by atoms with E-state index in [9.17, 15) is 18.3 Å². The van der Waals surface area contributed by atoms with Gasteiger partial charge in [-0.15, -0.1) is 11.8 Å². The van der Waals surface area contributed by atoms with Crippen molar-refractivity contribution >= 4 is 15.9 Å². The third-order valence-corrected chi connectivity index (χ3v) is 3.12. The number of hydrogen-bond donors (Lipinski definition) is 1. The minimum Gasteiger partial charge on any atom is -0.388 e. The summed E-state index contributed by atoms with van der Waals surface area (Å²) in [5.41, 5.74) is -0.524. The van der Waals surface area contributed by atoms with Crippen molar-refractivity contribution in [2.75, 3.05) is 0 Å². The van der Waals surface area contributed by atoms with Crippen molar-refractivity contribution in [2.45, 2.75) is 32.0 Å². The van der Waals surface area contributed by atoms with Gasteiger partial charge in [-0.25, -0.2) is 0 Å². The van der Waals surface area contributed by atoms with E-state index < -0.39 is 17.8 Å². The Morgan fingerprint density at radius 3 is 2.61 bits per heavy atom. The predicted molar refractivity (Wildman–Crippen MR) is 66.8 cm³/mol. The molecule has 0 aliphatic carbocycles. The molecule has 1 N–H and O–H groups in total. The van der Waals surface area contributed by atoms with E-state index in [-0.39, 0.29) is 5.56 Å². The molecule has 0 aliphatic heterocycles. The highest BCUT2D eigenvalue weighted by molar-refractivity contribution is 9.10. The maximum atomic E-state index is 12.6. The van der Waals surface area contributed by atoms with Gasteiger partial charge in [0.05, 0.1) is 11.7 Å². The summed E-state index contributed by atoms with van der Waals surface area (Å²) in [6.45, 7) is 1.67. The molecule has 0 amide bonds. The van der Waals surface area contributed by atoms with Crippen molar-refractivity contribution in [1.29, 1.82) is 0 Å². The van der Waals surface area contributed by atoms with Crippen LogP contribution in [0.25, 0.3) is 0 Å². The van der Waals surface area contributed by atoms with Gasteiger partial charge in [0.15, 0.2) is 0 Å². The molecular weight excluding hydrogens is 309 g/mol. The van der Waals surface area contributed by atoms with Crippen molar-refractivity contribution in [2.24, 2.45) is 0 Å². The molecule has 1 nitrogen and oxygen atoms in total. The van der Waals surface area contributed by atoms with Crippen molar-refractivity contribution in [3.05, 3.63) is 33.8 Å².